The van der Waals surface area contributed by atoms with Crippen LogP contribution in [0, 0.1) is 11.6 Å². The second kappa shape index (κ2) is 6.86. The molecule has 1 aromatic carbocycles. The van der Waals surface area contributed by atoms with E-state index in [1.807, 2.05) is 11.8 Å². The summed E-state index contributed by atoms with van der Waals surface area (Å²) in [6, 6.07) is 4.38. The van der Waals surface area contributed by atoms with Gasteiger partial charge in [0.1, 0.15) is 0 Å². The predicted molar refractivity (Wildman–Crippen MR) is 65.7 cm³/mol. The Kier molecular flexibility index (Phi) is 5.77. The highest BCUT2D eigenvalue weighted by atomic mass is 32.2. The van der Waals surface area contributed by atoms with Crippen LogP contribution in [-0.2, 0) is 6.54 Å². The Morgan fingerprint density at radius 1 is 1.31 bits per heavy atom. The van der Waals surface area contributed by atoms with E-state index in [4.69, 9.17) is 0 Å². The van der Waals surface area contributed by atoms with Crippen molar-refractivity contribution in [3.05, 3.63) is 35.4 Å². The molecule has 0 aliphatic carbocycles. The molecule has 4 heteroatoms. The van der Waals surface area contributed by atoms with Crippen molar-refractivity contribution in [2.24, 2.45) is 0 Å². The second-order valence-electron chi connectivity index (χ2n) is 3.69. The first-order valence-corrected chi connectivity index (χ1v) is 6.54. The molecule has 0 aromatic heterocycles. The highest BCUT2D eigenvalue weighted by molar-refractivity contribution is 7.99. The van der Waals surface area contributed by atoms with Crippen molar-refractivity contribution in [2.75, 3.05) is 11.5 Å². The molecule has 1 rings (SSSR count). The van der Waals surface area contributed by atoms with E-state index in [-0.39, 0.29) is 0 Å². The maximum Gasteiger partial charge on any atom is 0.159 e. The number of hydrogen-bond acceptors (Lipinski definition) is 2. The van der Waals surface area contributed by atoms with E-state index in [0.29, 0.717) is 12.6 Å². The fraction of sp³-hybridized carbons (Fsp3) is 0.500. The lowest BCUT2D eigenvalue weighted by Crippen LogP contribution is -2.27. The number of rotatable bonds is 6. The second-order valence-corrected chi connectivity index (χ2v) is 5.01. The van der Waals surface area contributed by atoms with Gasteiger partial charge in [0.25, 0.3) is 0 Å². The Morgan fingerprint density at radius 3 is 2.69 bits per heavy atom. The van der Waals surface area contributed by atoms with Gasteiger partial charge in [0.15, 0.2) is 11.6 Å². The largest absolute Gasteiger partial charge is 0.309 e. The molecule has 90 valence electrons. The Hall–Kier alpha value is -0.610. The summed E-state index contributed by atoms with van der Waals surface area (Å²) >= 11 is 1.86. The molecule has 0 radical (unpaired) electrons. The van der Waals surface area contributed by atoms with Crippen LogP contribution in [0.3, 0.4) is 0 Å². The van der Waals surface area contributed by atoms with E-state index in [0.717, 1.165) is 23.1 Å². The quantitative estimate of drug-likeness (QED) is 0.826. The third-order valence-corrected chi connectivity index (χ3v) is 3.35. The lowest BCUT2D eigenvalue weighted by Gasteiger charge is -2.13. The molecule has 0 spiro atoms. The smallest absolute Gasteiger partial charge is 0.159 e. The van der Waals surface area contributed by atoms with Crippen LogP contribution in [0.4, 0.5) is 8.78 Å². The van der Waals surface area contributed by atoms with Crippen molar-refractivity contribution in [2.45, 2.75) is 26.4 Å². The van der Waals surface area contributed by atoms with Gasteiger partial charge in [0.05, 0.1) is 0 Å². The molecule has 0 amide bonds. The maximum absolute atomic E-state index is 12.9. The van der Waals surface area contributed by atoms with Crippen molar-refractivity contribution in [1.29, 1.82) is 0 Å². The van der Waals surface area contributed by atoms with E-state index < -0.39 is 11.6 Å². The van der Waals surface area contributed by atoms with Crippen LogP contribution in [0.25, 0.3) is 0 Å². The Labute approximate surface area is 99.6 Å². The van der Waals surface area contributed by atoms with Crippen molar-refractivity contribution >= 4 is 11.8 Å². The fourth-order valence-corrected chi connectivity index (χ4v) is 2.00. The topological polar surface area (TPSA) is 12.0 Å². The lowest BCUT2D eigenvalue weighted by molar-refractivity contribution is 0.504. The summed E-state index contributed by atoms with van der Waals surface area (Å²) < 4.78 is 25.6. The third kappa shape index (κ3) is 4.49. The zero-order valence-electron chi connectivity index (χ0n) is 9.59. The first-order chi connectivity index (χ1) is 7.63. The maximum atomic E-state index is 12.9. The fourth-order valence-electron chi connectivity index (χ4n) is 1.30. The summed E-state index contributed by atoms with van der Waals surface area (Å²) in [6.45, 7) is 4.78. The average molecular weight is 245 g/mol. The minimum absolute atomic E-state index is 0.373. The summed E-state index contributed by atoms with van der Waals surface area (Å²) in [5, 5.41) is 3.27. The summed E-state index contributed by atoms with van der Waals surface area (Å²) in [5.74, 6) is 0.547. The van der Waals surface area contributed by atoms with Crippen molar-refractivity contribution in [3.63, 3.8) is 0 Å². The first kappa shape index (κ1) is 13.5. The molecule has 0 saturated heterocycles. The van der Waals surface area contributed by atoms with Gasteiger partial charge in [-0.25, -0.2) is 8.78 Å². The van der Waals surface area contributed by atoms with Crippen LogP contribution in [-0.4, -0.2) is 17.5 Å². The molecule has 1 unspecified atom stereocenters. The molecule has 1 nitrogen and oxygen atoms in total. The number of thioether (sulfide) groups is 1. The number of nitrogens with one attached hydrogen (secondary N) is 1. The molecule has 1 aromatic rings. The van der Waals surface area contributed by atoms with Gasteiger partial charge in [-0.1, -0.05) is 13.0 Å². The van der Waals surface area contributed by atoms with Gasteiger partial charge in [-0.15, -0.1) is 0 Å². The Bertz CT molecular complexity index is 331. The monoisotopic (exact) mass is 245 g/mol. The van der Waals surface area contributed by atoms with Gasteiger partial charge in [-0.05, 0) is 30.4 Å². The average Bonchev–Trinajstić information content (AvgIpc) is 2.28. The number of benzene rings is 1. The first-order valence-electron chi connectivity index (χ1n) is 5.38. The SMILES string of the molecule is CCSCC(C)NCc1ccc(F)c(F)c1. The van der Waals surface area contributed by atoms with Crippen LogP contribution in [0.15, 0.2) is 18.2 Å². The lowest BCUT2D eigenvalue weighted by atomic mass is 10.2. The van der Waals surface area contributed by atoms with Gasteiger partial charge in [-0.3, -0.25) is 0 Å². The van der Waals surface area contributed by atoms with E-state index in [1.165, 1.54) is 6.07 Å². The standard InChI is InChI=1S/C12H17F2NS/c1-3-16-8-9(2)15-7-10-4-5-11(13)12(14)6-10/h4-6,9,15H,3,7-8H2,1-2H3. The molecule has 0 bridgehead atoms. The summed E-state index contributed by atoms with van der Waals surface area (Å²) in [5.41, 5.74) is 0.771. The summed E-state index contributed by atoms with van der Waals surface area (Å²) in [6.07, 6.45) is 0. The molecule has 0 aliphatic rings. The van der Waals surface area contributed by atoms with Crippen LogP contribution in [0.1, 0.15) is 19.4 Å². The molecular weight excluding hydrogens is 228 g/mol. The molecule has 0 aliphatic heterocycles. The van der Waals surface area contributed by atoms with Gasteiger partial charge in [0, 0.05) is 18.3 Å². The molecule has 0 fully saturated rings. The van der Waals surface area contributed by atoms with Crippen molar-refractivity contribution in [1.82, 2.24) is 5.32 Å². The number of hydrogen-bond donors (Lipinski definition) is 1. The molecule has 1 N–H and O–H groups in total. The molecule has 1 atom stereocenters. The molecule has 16 heavy (non-hydrogen) atoms. The van der Waals surface area contributed by atoms with Crippen LogP contribution in [0.5, 0.6) is 0 Å². The highest BCUT2D eigenvalue weighted by Gasteiger charge is 2.04. The molecule has 0 saturated carbocycles. The van der Waals surface area contributed by atoms with E-state index >= 15 is 0 Å². The van der Waals surface area contributed by atoms with E-state index in [9.17, 15) is 8.78 Å². The van der Waals surface area contributed by atoms with Crippen molar-refractivity contribution < 1.29 is 8.78 Å². The van der Waals surface area contributed by atoms with Crippen LogP contribution >= 0.6 is 11.8 Å². The van der Waals surface area contributed by atoms with Crippen LogP contribution < -0.4 is 5.32 Å². The third-order valence-electron chi connectivity index (χ3n) is 2.21. The Morgan fingerprint density at radius 2 is 2.06 bits per heavy atom. The molecule has 0 heterocycles. The van der Waals surface area contributed by atoms with Gasteiger partial charge >= 0.3 is 0 Å². The Balaban J connectivity index is 2.39. The zero-order chi connectivity index (χ0) is 12.0. The van der Waals surface area contributed by atoms with Gasteiger partial charge in [-0.2, -0.15) is 11.8 Å². The summed E-state index contributed by atoms with van der Waals surface area (Å²) in [4.78, 5) is 0. The minimum Gasteiger partial charge on any atom is -0.309 e. The van der Waals surface area contributed by atoms with Gasteiger partial charge in [0.2, 0.25) is 0 Å². The normalized spacial score (nSPS) is 12.8. The molecular formula is C12H17F2NS. The predicted octanol–water partition coefficient (Wildman–Crippen LogP) is 3.20. The van der Waals surface area contributed by atoms with Crippen LogP contribution in [0.2, 0.25) is 0 Å². The zero-order valence-corrected chi connectivity index (χ0v) is 10.4. The van der Waals surface area contributed by atoms with Gasteiger partial charge < -0.3 is 5.32 Å². The minimum atomic E-state index is -0.793. The summed E-state index contributed by atoms with van der Waals surface area (Å²) in [7, 11) is 0. The van der Waals surface area contributed by atoms with Crippen molar-refractivity contribution in [3.8, 4) is 0 Å². The number of halogens is 2. The highest BCUT2D eigenvalue weighted by Crippen LogP contribution is 2.09. The van der Waals surface area contributed by atoms with E-state index in [2.05, 4.69) is 19.2 Å². The van der Waals surface area contributed by atoms with E-state index in [1.54, 1.807) is 6.07 Å².